The molecule has 21 heavy (non-hydrogen) atoms. The van der Waals surface area contributed by atoms with Gasteiger partial charge < -0.3 is 0 Å². The zero-order chi connectivity index (χ0) is 15.5. The Hall–Kier alpha value is 0.460. The standard InChI is InChI=1S/C16H13Br3Cl2/c17-9-16(10-18,12-2-1-3-13(19)7-12)8-11-6-14(20)4-5-15(11)21/h1-7H,8-10H2. The summed E-state index contributed by atoms with van der Waals surface area (Å²) in [5.41, 5.74) is 2.22. The fourth-order valence-electron chi connectivity index (χ4n) is 2.25. The van der Waals surface area contributed by atoms with Crippen LogP contribution >= 0.6 is 71.0 Å². The molecule has 0 atom stereocenters. The van der Waals surface area contributed by atoms with Gasteiger partial charge in [0.2, 0.25) is 0 Å². The molecule has 2 aromatic carbocycles. The van der Waals surface area contributed by atoms with Crippen LogP contribution in [0, 0.1) is 0 Å². The molecule has 0 aliphatic carbocycles. The van der Waals surface area contributed by atoms with Crippen LogP contribution in [-0.2, 0) is 11.8 Å². The maximum atomic E-state index is 6.34. The maximum absolute atomic E-state index is 6.34. The van der Waals surface area contributed by atoms with Gasteiger partial charge in [0.05, 0.1) is 0 Å². The van der Waals surface area contributed by atoms with Crippen molar-refractivity contribution in [1.29, 1.82) is 0 Å². The normalized spacial score (nSPS) is 11.7. The van der Waals surface area contributed by atoms with E-state index in [1.807, 2.05) is 24.3 Å². The van der Waals surface area contributed by atoms with E-state index in [2.05, 4.69) is 66.0 Å². The fourth-order valence-corrected chi connectivity index (χ4v) is 5.00. The van der Waals surface area contributed by atoms with Gasteiger partial charge >= 0.3 is 0 Å². The van der Waals surface area contributed by atoms with Crippen LogP contribution in [0.5, 0.6) is 0 Å². The van der Waals surface area contributed by atoms with E-state index >= 15 is 0 Å². The molecule has 0 bridgehead atoms. The first kappa shape index (κ1) is 17.8. The first-order chi connectivity index (χ1) is 10.0. The van der Waals surface area contributed by atoms with Gasteiger partial charge in [-0.25, -0.2) is 0 Å². The third-order valence-corrected chi connectivity index (χ3v) is 6.73. The minimum atomic E-state index is -0.0852. The molecule has 0 saturated carbocycles. The highest BCUT2D eigenvalue weighted by Crippen LogP contribution is 2.36. The van der Waals surface area contributed by atoms with Crippen LogP contribution in [0.1, 0.15) is 11.1 Å². The van der Waals surface area contributed by atoms with E-state index < -0.39 is 0 Å². The van der Waals surface area contributed by atoms with E-state index in [9.17, 15) is 0 Å². The summed E-state index contributed by atoms with van der Waals surface area (Å²) in [4.78, 5) is 0. The zero-order valence-electron chi connectivity index (χ0n) is 11.1. The monoisotopic (exact) mass is 512 g/mol. The molecule has 0 aromatic heterocycles. The van der Waals surface area contributed by atoms with Gasteiger partial charge in [0.25, 0.3) is 0 Å². The Kier molecular flexibility index (Phi) is 6.64. The molecular formula is C16H13Br3Cl2. The van der Waals surface area contributed by atoms with Gasteiger partial charge in [-0.2, -0.15) is 0 Å². The van der Waals surface area contributed by atoms with Gasteiger partial charge in [-0.1, -0.05) is 83.1 Å². The molecule has 0 unspecified atom stereocenters. The van der Waals surface area contributed by atoms with E-state index in [-0.39, 0.29) is 5.41 Å². The molecule has 0 fully saturated rings. The number of rotatable bonds is 5. The van der Waals surface area contributed by atoms with Crippen molar-refractivity contribution in [2.24, 2.45) is 0 Å². The first-order valence-electron chi connectivity index (χ1n) is 6.33. The second-order valence-electron chi connectivity index (χ2n) is 4.97. The smallest absolute Gasteiger partial charge is 0.0439 e. The van der Waals surface area contributed by atoms with Crippen LogP contribution in [-0.4, -0.2) is 10.7 Å². The van der Waals surface area contributed by atoms with Gasteiger partial charge in [-0.05, 0) is 47.9 Å². The lowest BCUT2D eigenvalue weighted by Crippen LogP contribution is -2.33. The predicted molar refractivity (Wildman–Crippen MR) is 104 cm³/mol. The third kappa shape index (κ3) is 4.26. The molecule has 112 valence electrons. The lowest BCUT2D eigenvalue weighted by Gasteiger charge is -2.31. The van der Waals surface area contributed by atoms with E-state index in [1.165, 1.54) is 5.56 Å². The van der Waals surface area contributed by atoms with E-state index in [0.717, 1.165) is 32.1 Å². The molecule has 0 nitrogen and oxygen atoms in total. The zero-order valence-corrected chi connectivity index (χ0v) is 17.3. The predicted octanol–water partition coefficient (Wildman–Crippen LogP) is 7.03. The molecule has 2 aromatic rings. The molecule has 0 radical (unpaired) electrons. The van der Waals surface area contributed by atoms with Crippen molar-refractivity contribution in [3.8, 4) is 0 Å². The lowest BCUT2D eigenvalue weighted by atomic mass is 9.79. The molecule has 0 spiro atoms. The Morgan fingerprint density at radius 1 is 0.952 bits per heavy atom. The summed E-state index contributed by atoms with van der Waals surface area (Å²) >= 11 is 23.3. The molecule has 0 saturated heterocycles. The molecule has 0 N–H and O–H groups in total. The van der Waals surface area contributed by atoms with E-state index in [0.29, 0.717) is 5.02 Å². The second kappa shape index (κ2) is 7.83. The Labute approximate surface area is 160 Å². The number of hydrogen-bond acceptors (Lipinski definition) is 0. The van der Waals surface area contributed by atoms with Crippen molar-refractivity contribution in [1.82, 2.24) is 0 Å². The quantitative estimate of drug-likeness (QED) is 0.375. The lowest BCUT2D eigenvalue weighted by molar-refractivity contribution is 0.551. The van der Waals surface area contributed by atoms with Crippen LogP contribution in [0.3, 0.4) is 0 Å². The van der Waals surface area contributed by atoms with Gasteiger partial charge in [0, 0.05) is 30.6 Å². The largest absolute Gasteiger partial charge is 0.0918 e. The highest BCUT2D eigenvalue weighted by molar-refractivity contribution is 9.10. The molecule has 0 aliphatic rings. The first-order valence-corrected chi connectivity index (χ1v) is 10.1. The number of halogens is 5. The number of benzene rings is 2. The Balaban J connectivity index is 2.45. The summed E-state index contributed by atoms with van der Waals surface area (Å²) in [5, 5.41) is 3.11. The molecule has 0 amide bonds. The van der Waals surface area contributed by atoms with Gasteiger partial charge in [-0.3, -0.25) is 0 Å². The van der Waals surface area contributed by atoms with Crippen LogP contribution in [0.25, 0.3) is 0 Å². The van der Waals surface area contributed by atoms with E-state index in [1.54, 1.807) is 0 Å². The topological polar surface area (TPSA) is 0 Å². The molecule has 2 rings (SSSR count). The Morgan fingerprint density at radius 2 is 1.67 bits per heavy atom. The summed E-state index contributed by atoms with van der Waals surface area (Å²) in [7, 11) is 0. The van der Waals surface area contributed by atoms with Crippen molar-refractivity contribution in [2.75, 3.05) is 10.7 Å². The highest BCUT2D eigenvalue weighted by atomic mass is 79.9. The van der Waals surface area contributed by atoms with Crippen LogP contribution in [0.2, 0.25) is 10.0 Å². The summed E-state index contributed by atoms with van der Waals surface area (Å²) < 4.78 is 1.07. The van der Waals surface area contributed by atoms with E-state index in [4.69, 9.17) is 23.2 Å². The summed E-state index contributed by atoms with van der Waals surface area (Å²) in [6.07, 6.45) is 0.805. The fraction of sp³-hybridized carbons (Fsp3) is 0.250. The molecular weight excluding hydrogens is 503 g/mol. The van der Waals surface area contributed by atoms with Crippen molar-refractivity contribution in [2.45, 2.75) is 11.8 Å². The average molecular weight is 516 g/mol. The minimum absolute atomic E-state index is 0.0852. The van der Waals surface area contributed by atoms with Gasteiger partial charge in [0.1, 0.15) is 0 Å². The summed E-state index contributed by atoms with van der Waals surface area (Å²) in [6.45, 7) is 0. The van der Waals surface area contributed by atoms with Crippen molar-refractivity contribution >= 4 is 71.0 Å². The summed E-state index contributed by atoms with van der Waals surface area (Å²) in [6, 6.07) is 14.0. The second-order valence-corrected chi connectivity index (χ2v) is 7.85. The van der Waals surface area contributed by atoms with Crippen molar-refractivity contribution < 1.29 is 0 Å². The third-order valence-electron chi connectivity index (χ3n) is 3.49. The minimum Gasteiger partial charge on any atom is -0.0918 e. The van der Waals surface area contributed by atoms with Crippen LogP contribution in [0.15, 0.2) is 46.9 Å². The van der Waals surface area contributed by atoms with Gasteiger partial charge in [0.15, 0.2) is 0 Å². The Morgan fingerprint density at radius 3 is 2.29 bits per heavy atom. The Bertz CT molecular complexity index is 625. The maximum Gasteiger partial charge on any atom is 0.0439 e. The van der Waals surface area contributed by atoms with Crippen LogP contribution < -0.4 is 0 Å². The van der Waals surface area contributed by atoms with Crippen molar-refractivity contribution in [3.63, 3.8) is 0 Å². The highest BCUT2D eigenvalue weighted by Gasteiger charge is 2.31. The van der Waals surface area contributed by atoms with Crippen LogP contribution in [0.4, 0.5) is 0 Å². The number of hydrogen-bond donors (Lipinski definition) is 0. The van der Waals surface area contributed by atoms with Gasteiger partial charge in [-0.15, -0.1) is 0 Å². The molecule has 0 heterocycles. The average Bonchev–Trinajstić information content (AvgIpc) is 2.48. The summed E-state index contributed by atoms with van der Waals surface area (Å²) in [5.74, 6) is 0. The molecule has 0 aliphatic heterocycles. The number of alkyl halides is 2. The van der Waals surface area contributed by atoms with Crippen molar-refractivity contribution in [3.05, 3.63) is 68.1 Å². The SMILES string of the molecule is Clc1ccc(Cl)c(CC(CBr)(CBr)c2cccc(Br)c2)c1. The molecule has 5 heteroatoms.